The van der Waals surface area contributed by atoms with Crippen LogP contribution in [-0.4, -0.2) is 24.3 Å². The third kappa shape index (κ3) is 4.75. The summed E-state index contributed by atoms with van der Waals surface area (Å²) in [4.78, 5) is 19.6. The Hall–Kier alpha value is -2.48. The summed E-state index contributed by atoms with van der Waals surface area (Å²) in [5, 5.41) is 2.88. The molecular weight excluding hydrogens is 433 g/mol. The molecule has 0 aliphatic rings. The maximum Gasteiger partial charge on any atom is 0.222 e. The number of anilines is 1. The van der Waals surface area contributed by atoms with E-state index in [9.17, 15) is 13.2 Å². The van der Waals surface area contributed by atoms with Gasteiger partial charge in [0.15, 0.2) is 9.84 Å². The molecule has 0 unspecified atom stereocenters. The van der Waals surface area contributed by atoms with Gasteiger partial charge in [0.05, 0.1) is 15.7 Å². The molecule has 0 aliphatic heterocycles. The summed E-state index contributed by atoms with van der Waals surface area (Å²) in [5.74, 6) is -0.201. The molecule has 3 aromatic rings. The van der Waals surface area contributed by atoms with Crippen LogP contribution in [0.15, 0.2) is 53.7 Å². The number of nitrogens with zero attached hydrogens (tertiary/aromatic N) is 2. The van der Waals surface area contributed by atoms with Gasteiger partial charge in [0, 0.05) is 30.4 Å². The van der Waals surface area contributed by atoms with Crippen LogP contribution in [0.3, 0.4) is 0 Å². The van der Waals surface area contributed by atoms with Crippen LogP contribution in [0.2, 0.25) is 10.2 Å². The number of hydrogen-bond donors (Lipinski definition) is 1. The molecule has 0 spiro atoms. The van der Waals surface area contributed by atoms with Crippen molar-refractivity contribution in [2.75, 3.05) is 5.32 Å². The molecule has 9 heteroatoms. The predicted molar refractivity (Wildman–Crippen MR) is 114 cm³/mol. The fourth-order valence-electron chi connectivity index (χ4n) is 2.88. The molecule has 150 valence electrons. The molecule has 0 atom stereocenters. The molecule has 0 aliphatic carbocycles. The predicted octanol–water partition coefficient (Wildman–Crippen LogP) is 4.69. The molecule has 1 amide bonds. The molecule has 0 radical (unpaired) electrons. The fraction of sp³-hybridized carbons (Fsp3) is 0.150. The van der Waals surface area contributed by atoms with Crippen molar-refractivity contribution in [1.82, 2.24) is 9.97 Å². The van der Waals surface area contributed by atoms with Gasteiger partial charge in [-0.15, -0.1) is 0 Å². The van der Waals surface area contributed by atoms with Gasteiger partial charge in [0.2, 0.25) is 5.91 Å². The van der Waals surface area contributed by atoms with Crippen molar-refractivity contribution in [3.63, 3.8) is 0 Å². The zero-order valence-corrected chi connectivity index (χ0v) is 17.9. The van der Waals surface area contributed by atoms with E-state index >= 15 is 0 Å². The topological polar surface area (TPSA) is 89.0 Å². The molecule has 1 N–H and O–H groups in total. The van der Waals surface area contributed by atoms with Crippen LogP contribution in [0.5, 0.6) is 0 Å². The average molecular weight is 450 g/mol. The van der Waals surface area contributed by atoms with Crippen molar-refractivity contribution in [3.8, 4) is 11.1 Å². The van der Waals surface area contributed by atoms with E-state index in [1.165, 1.54) is 19.1 Å². The number of nitrogens with one attached hydrogen (secondary N) is 1. The molecule has 2 heterocycles. The van der Waals surface area contributed by atoms with Crippen molar-refractivity contribution in [2.24, 2.45) is 0 Å². The number of carbonyl (C=O) groups excluding carboxylic acids is 1. The van der Waals surface area contributed by atoms with Gasteiger partial charge in [0.1, 0.15) is 11.0 Å². The third-order valence-electron chi connectivity index (χ3n) is 4.29. The number of hydrogen-bond acceptors (Lipinski definition) is 5. The quantitative estimate of drug-likeness (QED) is 0.570. The highest BCUT2D eigenvalue weighted by Gasteiger charge is 2.23. The number of aromatic nitrogens is 2. The minimum absolute atomic E-state index is 0.0411. The van der Waals surface area contributed by atoms with Crippen LogP contribution in [-0.2, 0) is 20.4 Å². The van der Waals surface area contributed by atoms with Gasteiger partial charge in [-0.3, -0.25) is 4.79 Å². The Morgan fingerprint density at radius 3 is 2.55 bits per heavy atom. The minimum Gasteiger partial charge on any atom is -0.311 e. The second-order valence-electron chi connectivity index (χ2n) is 6.37. The zero-order chi connectivity index (χ0) is 21.2. The maximum absolute atomic E-state index is 12.9. The van der Waals surface area contributed by atoms with Gasteiger partial charge in [-0.2, -0.15) is 0 Å². The Kier molecular flexibility index (Phi) is 6.21. The number of halogens is 2. The lowest BCUT2D eigenvalue weighted by molar-refractivity contribution is -0.114. The van der Waals surface area contributed by atoms with Gasteiger partial charge < -0.3 is 5.32 Å². The van der Waals surface area contributed by atoms with Crippen LogP contribution >= 0.6 is 23.2 Å². The molecular formula is C20H17Cl2N3O3S. The molecule has 1 aromatic carbocycles. The highest BCUT2D eigenvalue weighted by atomic mass is 35.5. The Bertz CT molecular complexity index is 1200. The Morgan fingerprint density at radius 2 is 1.86 bits per heavy atom. The van der Waals surface area contributed by atoms with Crippen molar-refractivity contribution in [3.05, 3.63) is 70.1 Å². The van der Waals surface area contributed by atoms with Crippen molar-refractivity contribution < 1.29 is 13.2 Å². The van der Waals surface area contributed by atoms with E-state index in [1.54, 1.807) is 43.6 Å². The number of carbonyl (C=O) groups is 1. The van der Waals surface area contributed by atoms with Gasteiger partial charge in [-0.25, -0.2) is 18.4 Å². The van der Waals surface area contributed by atoms with E-state index in [2.05, 4.69) is 15.3 Å². The van der Waals surface area contributed by atoms with Crippen LogP contribution in [0, 0.1) is 6.92 Å². The summed E-state index contributed by atoms with van der Waals surface area (Å²) >= 11 is 12.3. The van der Waals surface area contributed by atoms with E-state index in [-0.39, 0.29) is 26.7 Å². The van der Waals surface area contributed by atoms with Gasteiger partial charge in [-0.1, -0.05) is 35.3 Å². The highest BCUT2D eigenvalue weighted by molar-refractivity contribution is 7.90. The molecule has 0 saturated heterocycles. The second-order valence-corrected chi connectivity index (χ2v) is 9.09. The second kappa shape index (κ2) is 8.49. The summed E-state index contributed by atoms with van der Waals surface area (Å²) in [7, 11) is -3.74. The first kappa shape index (κ1) is 21.2. The van der Waals surface area contributed by atoms with Gasteiger partial charge in [-0.05, 0) is 42.3 Å². The lowest BCUT2D eigenvalue weighted by atomic mass is 10.0. The standard InChI is InChI=1S/C20H17Cl2N3O3S/c1-12-15(14-7-8-23-19(9-14)25-13(2)26)10-24-20(22)16(12)11-29(27,28)18-6-4-3-5-17(18)21/h3-10H,11H2,1-2H3,(H,23,25,26). The van der Waals surface area contributed by atoms with Crippen LogP contribution in [0.4, 0.5) is 5.82 Å². The molecule has 3 rings (SSSR count). The van der Waals surface area contributed by atoms with E-state index in [0.717, 1.165) is 5.56 Å². The number of amides is 1. The molecule has 6 nitrogen and oxygen atoms in total. The zero-order valence-electron chi connectivity index (χ0n) is 15.6. The van der Waals surface area contributed by atoms with Crippen molar-refractivity contribution in [2.45, 2.75) is 24.5 Å². The average Bonchev–Trinajstić information content (AvgIpc) is 2.65. The summed E-state index contributed by atoms with van der Waals surface area (Å²) in [6.07, 6.45) is 3.12. The number of pyridine rings is 2. The molecule has 0 bridgehead atoms. The Labute approximate surface area is 178 Å². The fourth-order valence-corrected chi connectivity index (χ4v) is 5.25. The van der Waals surface area contributed by atoms with E-state index in [4.69, 9.17) is 23.2 Å². The first-order valence-corrected chi connectivity index (χ1v) is 10.9. The van der Waals surface area contributed by atoms with Crippen LogP contribution < -0.4 is 5.32 Å². The molecule has 2 aromatic heterocycles. The Balaban J connectivity index is 2.05. The number of sulfone groups is 1. The van der Waals surface area contributed by atoms with Crippen LogP contribution in [0.1, 0.15) is 18.1 Å². The maximum atomic E-state index is 12.9. The first-order valence-electron chi connectivity index (χ1n) is 8.54. The summed E-state index contributed by atoms with van der Waals surface area (Å²) in [6, 6.07) is 9.69. The highest BCUT2D eigenvalue weighted by Crippen LogP contribution is 2.33. The van der Waals surface area contributed by atoms with E-state index < -0.39 is 9.84 Å². The molecule has 0 fully saturated rings. The monoisotopic (exact) mass is 449 g/mol. The normalized spacial score (nSPS) is 11.3. The lowest BCUT2D eigenvalue weighted by Gasteiger charge is -2.14. The number of rotatable bonds is 5. The Morgan fingerprint density at radius 1 is 1.14 bits per heavy atom. The van der Waals surface area contributed by atoms with Crippen molar-refractivity contribution >= 4 is 44.8 Å². The third-order valence-corrected chi connectivity index (χ3v) is 6.76. The van der Waals surface area contributed by atoms with Gasteiger partial charge >= 0.3 is 0 Å². The molecule has 0 saturated carbocycles. The SMILES string of the molecule is CC(=O)Nc1cc(-c2cnc(Cl)c(CS(=O)(=O)c3ccccc3Cl)c2C)ccn1. The molecule has 29 heavy (non-hydrogen) atoms. The van der Waals surface area contributed by atoms with E-state index in [0.29, 0.717) is 22.5 Å². The first-order chi connectivity index (χ1) is 13.7. The largest absolute Gasteiger partial charge is 0.311 e. The van der Waals surface area contributed by atoms with Crippen LogP contribution in [0.25, 0.3) is 11.1 Å². The summed E-state index contributed by atoms with van der Waals surface area (Å²) < 4.78 is 25.8. The summed E-state index contributed by atoms with van der Waals surface area (Å²) in [6.45, 7) is 3.17. The lowest BCUT2D eigenvalue weighted by Crippen LogP contribution is -2.09. The smallest absolute Gasteiger partial charge is 0.222 e. The van der Waals surface area contributed by atoms with Gasteiger partial charge in [0.25, 0.3) is 0 Å². The number of benzene rings is 1. The van der Waals surface area contributed by atoms with E-state index in [1.807, 2.05) is 0 Å². The minimum atomic E-state index is -3.74. The summed E-state index contributed by atoms with van der Waals surface area (Å²) in [5.41, 5.74) is 2.47. The van der Waals surface area contributed by atoms with Crippen molar-refractivity contribution in [1.29, 1.82) is 0 Å².